The summed E-state index contributed by atoms with van der Waals surface area (Å²) in [6.45, 7) is 1.92. The monoisotopic (exact) mass is 298 g/mol. The number of benzene rings is 2. The molecule has 2 rings (SSSR count). The lowest BCUT2D eigenvalue weighted by Gasteiger charge is -2.02. The third-order valence-corrected chi connectivity index (χ3v) is 3.10. The number of hydrazone groups is 1. The van der Waals surface area contributed by atoms with Gasteiger partial charge in [-0.25, -0.2) is 5.43 Å². The first-order valence-corrected chi connectivity index (χ1v) is 6.86. The minimum absolute atomic E-state index is 0.329. The molecule has 0 saturated heterocycles. The number of hydrogen-bond acceptors (Lipinski definition) is 2. The molecule has 1 N–H and O–H groups in total. The van der Waals surface area contributed by atoms with Crippen molar-refractivity contribution in [1.29, 1.82) is 0 Å². The fourth-order valence-corrected chi connectivity index (χ4v) is 2.04. The summed E-state index contributed by atoms with van der Waals surface area (Å²) in [6, 6.07) is 15.1. The molecule has 0 aliphatic heterocycles. The van der Waals surface area contributed by atoms with Crippen LogP contribution in [-0.4, -0.2) is 12.1 Å². The lowest BCUT2D eigenvalue weighted by Crippen LogP contribution is -2.17. The second-order valence-corrected chi connectivity index (χ2v) is 4.88. The van der Waals surface area contributed by atoms with E-state index in [1.807, 2.05) is 49.4 Å². The van der Waals surface area contributed by atoms with E-state index in [4.69, 9.17) is 11.6 Å². The van der Waals surface area contributed by atoms with Gasteiger partial charge in [-0.1, -0.05) is 54.1 Å². The Morgan fingerprint density at radius 1 is 1.19 bits per heavy atom. The van der Waals surface area contributed by atoms with Crippen LogP contribution < -0.4 is 5.43 Å². The molecule has 1 amide bonds. The van der Waals surface area contributed by atoms with Crippen LogP contribution in [0.1, 0.15) is 21.5 Å². The molecule has 0 aromatic heterocycles. The van der Waals surface area contributed by atoms with Gasteiger partial charge in [0.1, 0.15) is 0 Å². The molecule has 0 unspecified atom stereocenters. The first-order chi connectivity index (χ1) is 10.2. The van der Waals surface area contributed by atoms with Crippen LogP contribution in [0.2, 0.25) is 5.02 Å². The Morgan fingerprint density at radius 3 is 2.67 bits per heavy atom. The van der Waals surface area contributed by atoms with Crippen LogP contribution in [0, 0.1) is 6.92 Å². The Balaban J connectivity index is 1.92. The van der Waals surface area contributed by atoms with Crippen molar-refractivity contribution in [3.8, 4) is 0 Å². The summed E-state index contributed by atoms with van der Waals surface area (Å²) >= 11 is 6.02. The third kappa shape index (κ3) is 4.58. The van der Waals surface area contributed by atoms with E-state index in [-0.39, 0.29) is 5.91 Å². The molecule has 2 aromatic carbocycles. The topological polar surface area (TPSA) is 41.5 Å². The molecule has 0 atom stereocenters. The molecule has 0 radical (unpaired) electrons. The maximum atomic E-state index is 11.9. The van der Waals surface area contributed by atoms with Crippen LogP contribution in [0.5, 0.6) is 0 Å². The summed E-state index contributed by atoms with van der Waals surface area (Å²) in [5.41, 5.74) is 4.92. The van der Waals surface area contributed by atoms with Crippen LogP contribution in [0.3, 0.4) is 0 Å². The average Bonchev–Trinajstić information content (AvgIpc) is 2.47. The zero-order valence-electron chi connectivity index (χ0n) is 11.6. The van der Waals surface area contributed by atoms with Gasteiger partial charge in [-0.3, -0.25) is 4.79 Å². The summed E-state index contributed by atoms with van der Waals surface area (Å²) in [7, 11) is 0. The smallest absolute Gasteiger partial charge is 0.267 e. The molecular formula is C17H15ClN2O. The van der Waals surface area contributed by atoms with Gasteiger partial charge in [-0.05, 0) is 36.3 Å². The Labute approximate surface area is 129 Å². The summed E-state index contributed by atoms with van der Waals surface area (Å²) < 4.78 is 0. The standard InChI is InChI=1S/C17H15ClN2O/c1-13-9-10-15(16(18)12-13)17(21)20-19-11-5-8-14-6-3-2-4-7-14/h2-12H,1H3,(H,20,21). The number of hydrogen-bond donors (Lipinski definition) is 1. The van der Waals surface area contributed by atoms with E-state index in [0.717, 1.165) is 11.1 Å². The zero-order valence-corrected chi connectivity index (χ0v) is 12.3. The fraction of sp³-hybridized carbons (Fsp3) is 0.0588. The van der Waals surface area contributed by atoms with Crippen molar-refractivity contribution in [3.05, 3.63) is 76.3 Å². The molecule has 0 saturated carbocycles. The molecule has 0 spiro atoms. The molecule has 0 heterocycles. The van der Waals surface area contributed by atoms with Gasteiger partial charge in [0.25, 0.3) is 5.91 Å². The molecule has 3 nitrogen and oxygen atoms in total. The minimum Gasteiger partial charge on any atom is -0.267 e. The number of nitrogens with one attached hydrogen (secondary N) is 1. The van der Waals surface area contributed by atoms with Crippen molar-refractivity contribution >= 4 is 29.8 Å². The van der Waals surface area contributed by atoms with Gasteiger partial charge in [0.05, 0.1) is 10.6 Å². The first kappa shape index (κ1) is 15.0. The summed E-state index contributed by atoms with van der Waals surface area (Å²) in [4.78, 5) is 11.9. The molecule has 106 valence electrons. The number of carbonyl (C=O) groups excluding carboxylic acids is 1. The van der Waals surface area contributed by atoms with Gasteiger partial charge in [-0.2, -0.15) is 5.10 Å². The van der Waals surface area contributed by atoms with Gasteiger partial charge in [-0.15, -0.1) is 0 Å². The molecule has 0 bridgehead atoms. The number of carbonyl (C=O) groups is 1. The quantitative estimate of drug-likeness (QED) is 0.671. The SMILES string of the molecule is Cc1ccc(C(=O)NN=CC=Cc2ccccc2)c(Cl)c1. The number of halogens is 1. The van der Waals surface area contributed by atoms with Crippen LogP contribution in [-0.2, 0) is 0 Å². The van der Waals surface area contributed by atoms with E-state index in [1.165, 1.54) is 6.21 Å². The van der Waals surface area contributed by atoms with E-state index in [0.29, 0.717) is 10.6 Å². The number of aryl methyl sites for hydroxylation is 1. The second kappa shape index (κ2) is 7.41. The van der Waals surface area contributed by atoms with Gasteiger partial charge >= 0.3 is 0 Å². The van der Waals surface area contributed by atoms with E-state index >= 15 is 0 Å². The lowest BCUT2D eigenvalue weighted by molar-refractivity contribution is 0.0955. The minimum atomic E-state index is -0.329. The van der Waals surface area contributed by atoms with Crippen molar-refractivity contribution in [3.63, 3.8) is 0 Å². The van der Waals surface area contributed by atoms with Crippen LogP contribution >= 0.6 is 11.6 Å². The average molecular weight is 299 g/mol. The summed E-state index contributed by atoms with van der Waals surface area (Å²) in [6.07, 6.45) is 5.17. The van der Waals surface area contributed by atoms with Crippen molar-refractivity contribution in [2.24, 2.45) is 5.10 Å². The maximum absolute atomic E-state index is 11.9. The Hall–Kier alpha value is -2.39. The molecule has 0 aliphatic carbocycles. The number of rotatable bonds is 4. The van der Waals surface area contributed by atoms with E-state index in [9.17, 15) is 4.79 Å². The third-order valence-electron chi connectivity index (χ3n) is 2.78. The Bertz CT molecular complexity index is 678. The molecule has 0 aliphatic rings. The van der Waals surface area contributed by atoms with Crippen LogP contribution in [0.25, 0.3) is 6.08 Å². The highest BCUT2D eigenvalue weighted by Gasteiger charge is 2.08. The predicted octanol–water partition coefficient (Wildman–Crippen LogP) is 4.08. The maximum Gasteiger partial charge on any atom is 0.272 e. The zero-order chi connectivity index (χ0) is 15.1. The van der Waals surface area contributed by atoms with Crippen molar-refractivity contribution in [2.45, 2.75) is 6.92 Å². The number of nitrogens with zero attached hydrogens (tertiary/aromatic N) is 1. The fourth-order valence-electron chi connectivity index (χ4n) is 1.72. The van der Waals surface area contributed by atoms with Gasteiger partial charge in [0.15, 0.2) is 0 Å². The van der Waals surface area contributed by atoms with Crippen LogP contribution in [0.4, 0.5) is 0 Å². The van der Waals surface area contributed by atoms with E-state index < -0.39 is 0 Å². The predicted molar refractivity (Wildman–Crippen MR) is 87.6 cm³/mol. The molecule has 2 aromatic rings. The van der Waals surface area contributed by atoms with Crippen LogP contribution in [0.15, 0.2) is 59.7 Å². The highest BCUT2D eigenvalue weighted by atomic mass is 35.5. The normalized spacial score (nSPS) is 11.1. The van der Waals surface area contributed by atoms with Crippen molar-refractivity contribution in [2.75, 3.05) is 0 Å². The first-order valence-electron chi connectivity index (χ1n) is 6.48. The summed E-state index contributed by atoms with van der Waals surface area (Å²) in [5.74, 6) is -0.329. The summed E-state index contributed by atoms with van der Waals surface area (Å²) in [5, 5.41) is 4.28. The van der Waals surface area contributed by atoms with E-state index in [1.54, 1.807) is 18.2 Å². The van der Waals surface area contributed by atoms with Gasteiger partial charge in [0, 0.05) is 6.21 Å². The van der Waals surface area contributed by atoms with Gasteiger partial charge < -0.3 is 0 Å². The molecule has 4 heteroatoms. The highest BCUT2D eigenvalue weighted by Crippen LogP contribution is 2.17. The Kier molecular flexibility index (Phi) is 5.29. The number of allylic oxidation sites excluding steroid dienone is 1. The molecular weight excluding hydrogens is 284 g/mol. The van der Waals surface area contributed by atoms with Crippen molar-refractivity contribution in [1.82, 2.24) is 5.43 Å². The number of amides is 1. The molecule has 0 fully saturated rings. The Morgan fingerprint density at radius 2 is 1.95 bits per heavy atom. The lowest BCUT2D eigenvalue weighted by atomic mass is 10.1. The largest absolute Gasteiger partial charge is 0.272 e. The van der Waals surface area contributed by atoms with Gasteiger partial charge in [0.2, 0.25) is 0 Å². The molecule has 21 heavy (non-hydrogen) atoms. The van der Waals surface area contributed by atoms with Crippen molar-refractivity contribution < 1.29 is 4.79 Å². The highest BCUT2D eigenvalue weighted by molar-refractivity contribution is 6.33. The van der Waals surface area contributed by atoms with E-state index in [2.05, 4.69) is 10.5 Å². The second-order valence-electron chi connectivity index (χ2n) is 4.47.